The summed E-state index contributed by atoms with van der Waals surface area (Å²) in [5, 5.41) is 8.66. The van der Waals surface area contributed by atoms with Crippen molar-refractivity contribution in [3.8, 4) is 0 Å². The molecule has 0 saturated carbocycles. The molecule has 2 N–H and O–H groups in total. The topological polar surface area (TPSA) is 105 Å². The molecule has 0 radical (unpaired) electrons. The molecule has 1 aliphatic heterocycles. The molecule has 0 bridgehead atoms. The van der Waals surface area contributed by atoms with Crippen LogP contribution in [0.15, 0.2) is 0 Å². The predicted octanol–water partition coefficient (Wildman–Crippen LogP) is -0.161. The Morgan fingerprint density at radius 1 is 1.40 bits per heavy atom. The zero-order chi connectivity index (χ0) is 15.2. The molecule has 0 unspecified atom stereocenters. The highest BCUT2D eigenvalue weighted by molar-refractivity contribution is 7.87. The molecule has 1 saturated heterocycles. The second-order valence-corrected chi connectivity index (χ2v) is 6.42. The van der Waals surface area contributed by atoms with Gasteiger partial charge in [-0.2, -0.15) is 12.7 Å². The second-order valence-electron chi connectivity index (χ2n) is 4.75. The lowest BCUT2D eigenvalue weighted by atomic mass is 10.1. The lowest BCUT2D eigenvalue weighted by molar-refractivity contribution is 0.00305. The maximum absolute atomic E-state index is 11.9. The average Bonchev–Trinajstić information content (AvgIpc) is 2.35. The number of ether oxygens (including phenoxy) is 2. The molecule has 8 nitrogen and oxygen atoms in total. The highest BCUT2D eigenvalue weighted by Crippen LogP contribution is 2.16. The molecule has 1 heterocycles. The van der Waals surface area contributed by atoms with E-state index in [4.69, 9.17) is 14.6 Å². The largest absolute Gasteiger partial charge is 0.446 e. The van der Waals surface area contributed by atoms with Gasteiger partial charge in [0.15, 0.2) is 0 Å². The summed E-state index contributed by atoms with van der Waals surface area (Å²) in [6.45, 7) is 3.99. The van der Waals surface area contributed by atoms with E-state index in [-0.39, 0.29) is 38.5 Å². The summed E-state index contributed by atoms with van der Waals surface area (Å²) in [7, 11) is -3.87. The van der Waals surface area contributed by atoms with Crippen LogP contribution < -0.4 is 4.72 Å². The quantitative estimate of drug-likeness (QED) is 0.706. The summed E-state index contributed by atoms with van der Waals surface area (Å²) in [4.78, 5) is 11.3. The number of nitrogens with one attached hydrogen (secondary N) is 1. The molecule has 1 amide bonds. The maximum Gasteiger partial charge on any atom is 0.422 e. The van der Waals surface area contributed by atoms with Gasteiger partial charge in [-0.3, -0.25) is 0 Å². The SMILES string of the molecule is CC(C)OC(=O)NS(=O)(=O)N1CCC(OCCO)CC1. The Balaban J connectivity index is 2.44. The third-order valence-electron chi connectivity index (χ3n) is 2.74. The van der Waals surface area contributed by atoms with Crippen LogP contribution in [0.3, 0.4) is 0 Å². The van der Waals surface area contributed by atoms with Crippen molar-refractivity contribution in [2.75, 3.05) is 26.3 Å². The van der Waals surface area contributed by atoms with E-state index in [1.165, 1.54) is 4.31 Å². The van der Waals surface area contributed by atoms with Gasteiger partial charge in [-0.25, -0.2) is 9.52 Å². The zero-order valence-electron chi connectivity index (χ0n) is 11.7. The molecule has 1 aliphatic rings. The number of piperidine rings is 1. The second kappa shape index (κ2) is 7.77. The van der Waals surface area contributed by atoms with Gasteiger partial charge in [0, 0.05) is 13.1 Å². The van der Waals surface area contributed by atoms with E-state index < -0.39 is 16.3 Å². The minimum absolute atomic E-state index is 0.0545. The van der Waals surface area contributed by atoms with E-state index >= 15 is 0 Å². The Hall–Kier alpha value is -0.900. The third kappa shape index (κ3) is 5.61. The van der Waals surface area contributed by atoms with Gasteiger partial charge >= 0.3 is 16.3 Å². The van der Waals surface area contributed by atoms with Crippen LogP contribution in [0.1, 0.15) is 26.7 Å². The molecule has 1 fully saturated rings. The van der Waals surface area contributed by atoms with Gasteiger partial charge in [0.1, 0.15) is 0 Å². The smallest absolute Gasteiger partial charge is 0.422 e. The van der Waals surface area contributed by atoms with Crippen LogP contribution >= 0.6 is 0 Å². The Kier molecular flexibility index (Phi) is 6.66. The first-order valence-electron chi connectivity index (χ1n) is 6.56. The molecule has 0 aromatic heterocycles. The highest BCUT2D eigenvalue weighted by Gasteiger charge is 2.30. The normalized spacial score (nSPS) is 18.2. The Bertz CT molecular complexity index is 403. The van der Waals surface area contributed by atoms with Gasteiger partial charge in [-0.1, -0.05) is 0 Å². The van der Waals surface area contributed by atoms with Crippen LogP contribution in [-0.4, -0.2) is 62.4 Å². The molecule has 0 spiro atoms. The monoisotopic (exact) mass is 310 g/mol. The number of nitrogens with zero attached hydrogens (tertiary/aromatic N) is 1. The summed E-state index contributed by atoms with van der Waals surface area (Å²) in [6, 6.07) is 0. The van der Waals surface area contributed by atoms with Crippen molar-refractivity contribution < 1.29 is 27.8 Å². The summed E-state index contributed by atoms with van der Waals surface area (Å²) in [5.41, 5.74) is 0. The van der Waals surface area contributed by atoms with Gasteiger partial charge in [-0.15, -0.1) is 0 Å². The maximum atomic E-state index is 11.9. The number of hydrogen-bond donors (Lipinski definition) is 2. The lowest BCUT2D eigenvalue weighted by Gasteiger charge is -2.30. The van der Waals surface area contributed by atoms with Crippen molar-refractivity contribution in [3.63, 3.8) is 0 Å². The van der Waals surface area contributed by atoms with E-state index in [1.54, 1.807) is 13.8 Å². The van der Waals surface area contributed by atoms with Crippen LogP contribution in [0.5, 0.6) is 0 Å². The first-order valence-corrected chi connectivity index (χ1v) is 8.00. The van der Waals surface area contributed by atoms with Gasteiger partial charge in [0.2, 0.25) is 0 Å². The third-order valence-corrected chi connectivity index (χ3v) is 4.21. The minimum Gasteiger partial charge on any atom is -0.446 e. The Morgan fingerprint density at radius 3 is 2.50 bits per heavy atom. The molecule has 0 aromatic rings. The summed E-state index contributed by atoms with van der Waals surface area (Å²) < 4.78 is 37.0. The van der Waals surface area contributed by atoms with Crippen molar-refractivity contribution >= 4 is 16.3 Å². The molecule has 1 rings (SSSR count). The fourth-order valence-corrected chi connectivity index (χ4v) is 2.95. The Morgan fingerprint density at radius 2 is 2.00 bits per heavy atom. The molecule has 118 valence electrons. The molecule has 20 heavy (non-hydrogen) atoms. The van der Waals surface area contributed by atoms with Crippen molar-refractivity contribution in [3.05, 3.63) is 0 Å². The molecule has 9 heteroatoms. The fourth-order valence-electron chi connectivity index (χ4n) is 1.87. The van der Waals surface area contributed by atoms with Crippen LogP contribution in [-0.2, 0) is 19.7 Å². The molecular weight excluding hydrogens is 288 g/mol. The minimum atomic E-state index is -3.87. The number of rotatable bonds is 6. The van der Waals surface area contributed by atoms with Gasteiger partial charge in [0.25, 0.3) is 0 Å². The van der Waals surface area contributed by atoms with Crippen molar-refractivity contribution in [1.82, 2.24) is 9.03 Å². The van der Waals surface area contributed by atoms with Gasteiger partial charge in [-0.05, 0) is 26.7 Å². The van der Waals surface area contributed by atoms with E-state index in [1.807, 2.05) is 4.72 Å². The van der Waals surface area contributed by atoms with Crippen molar-refractivity contribution in [2.45, 2.75) is 38.9 Å². The summed E-state index contributed by atoms with van der Waals surface area (Å²) >= 11 is 0. The van der Waals surface area contributed by atoms with Crippen LogP contribution in [0, 0.1) is 0 Å². The average molecular weight is 310 g/mol. The summed E-state index contributed by atoms with van der Waals surface area (Å²) in [6.07, 6.45) is -0.363. The predicted molar refractivity (Wildman–Crippen MR) is 71.3 cm³/mol. The van der Waals surface area contributed by atoms with E-state index in [0.717, 1.165) is 0 Å². The number of carbonyl (C=O) groups is 1. The molecular formula is C11H22N2O6S. The molecule has 0 aromatic carbocycles. The number of aliphatic hydroxyl groups is 1. The number of aliphatic hydroxyl groups excluding tert-OH is 1. The first-order chi connectivity index (χ1) is 9.35. The van der Waals surface area contributed by atoms with E-state index in [0.29, 0.717) is 12.8 Å². The van der Waals surface area contributed by atoms with Crippen molar-refractivity contribution in [2.24, 2.45) is 0 Å². The zero-order valence-corrected chi connectivity index (χ0v) is 12.6. The number of amides is 1. The molecule has 0 atom stereocenters. The van der Waals surface area contributed by atoms with Crippen LogP contribution in [0.4, 0.5) is 4.79 Å². The van der Waals surface area contributed by atoms with Gasteiger partial charge in [0.05, 0.1) is 25.4 Å². The lowest BCUT2D eigenvalue weighted by Crippen LogP contribution is -2.48. The Labute approximate surface area is 119 Å². The van der Waals surface area contributed by atoms with E-state index in [2.05, 4.69) is 0 Å². The van der Waals surface area contributed by atoms with Crippen molar-refractivity contribution in [1.29, 1.82) is 0 Å². The first kappa shape index (κ1) is 17.2. The van der Waals surface area contributed by atoms with E-state index in [9.17, 15) is 13.2 Å². The van der Waals surface area contributed by atoms with Gasteiger partial charge < -0.3 is 14.6 Å². The highest BCUT2D eigenvalue weighted by atomic mass is 32.2. The molecule has 0 aliphatic carbocycles. The van der Waals surface area contributed by atoms with Crippen LogP contribution in [0.2, 0.25) is 0 Å². The number of carbonyl (C=O) groups excluding carboxylic acids is 1. The number of hydrogen-bond acceptors (Lipinski definition) is 6. The van der Waals surface area contributed by atoms with Crippen LogP contribution in [0.25, 0.3) is 0 Å². The summed E-state index contributed by atoms with van der Waals surface area (Å²) in [5.74, 6) is 0. The standard InChI is InChI=1S/C11H22N2O6S/c1-9(2)19-11(15)12-20(16,17)13-5-3-10(4-6-13)18-8-7-14/h9-10,14H,3-8H2,1-2H3,(H,12,15). The fraction of sp³-hybridized carbons (Fsp3) is 0.909.